The second kappa shape index (κ2) is 15.5. The molecule has 0 N–H and O–H groups in total. The van der Waals surface area contributed by atoms with Gasteiger partial charge < -0.3 is 0 Å². The molecule has 0 aromatic carbocycles. The fourth-order valence-corrected chi connectivity index (χ4v) is 6.06. The van der Waals surface area contributed by atoms with E-state index in [4.69, 9.17) is 0 Å². The van der Waals surface area contributed by atoms with Gasteiger partial charge in [0.2, 0.25) is 11.6 Å². The normalized spacial score (nSPS) is 23.4. The molecule has 0 aromatic rings. The summed E-state index contributed by atoms with van der Waals surface area (Å²) in [4.78, 5) is 135. The molecule has 0 spiro atoms. The molecule has 2 fully saturated rings. The van der Waals surface area contributed by atoms with Crippen molar-refractivity contribution in [3.05, 3.63) is 48.6 Å². The predicted octanol–water partition coefficient (Wildman–Crippen LogP) is 3.40. The van der Waals surface area contributed by atoms with Crippen LogP contribution in [0.3, 0.4) is 0 Å². The number of ketones is 11. The Balaban J connectivity index is 1.98. The quantitative estimate of drug-likeness (QED) is 0.102. The number of carbonyl (C=O) groups is 11. The monoisotopic (exact) mass is 662 g/mol. The number of carbonyl (C=O) groups excluding carboxylic acids is 11. The van der Waals surface area contributed by atoms with E-state index in [2.05, 4.69) is 27.0 Å². The summed E-state index contributed by atoms with van der Waals surface area (Å²) in [6, 6.07) is 0. The van der Waals surface area contributed by atoms with Crippen LogP contribution in [0, 0.1) is 34.5 Å². The van der Waals surface area contributed by atoms with Crippen LogP contribution < -0.4 is 0 Å². The van der Waals surface area contributed by atoms with E-state index in [-0.39, 0.29) is 22.7 Å². The van der Waals surface area contributed by atoms with Gasteiger partial charge in [-0.25, -0.2) is 0 Å². The maximum Gasteiger partial charge on any atom is 0.281 e. The Kier molecular flexibility index (Phi) is 12.7. The Labute approximate surface area is 279 Å². The van der Waals surface area contributed by atoms with Gasteiger partial charge in [-0.05, 0) is 60.5 Å². The average molecular weight is 663 g/mol. The highest BCUT2D eigenvalue weighted by molar-refractivity contribution is 7.00. The van der Waals surface area contributed by atoms with Gasteiger partial charge in [0.1, 0.15) is 0 Å². The average Bonchev–Trinajstić information content (AvgIpc) is 3.01. The minimum Gasteiger partial charge on any atom is -0.294 e. The van der Waals surface area contributed by atoms with E-state index in [9.17, 15) is 52.7 Å². The zero-order valence-electron chi connectivity index (χ0n) is 28.3. The summed E-state index contributed by atoms with van der Waals surface area (Å²) in [5.74, 6) is -20.8. The summed E-state index contributed by atoms with van der Waals surface area (Å²) in [7, 11) is 0. The molecule has 48 heavy (non-hydrogen) atoms. The number of hydrogen-bond donors (Lipinski definition) is 0. The van der Waals surface area contributed by atoms with Crippen LogP contribution in [0.1, 0.15) is 80.1 Å². The van der Waals surface area contributed by atoms with E-state index < -0.39 is 76.5 Å². The lowest BCUT2D eigenvalue weighted by atomic mass is 9.61. The summed E-state index contributed by atoms with van der Waals surface area (Å²) in [6.45, 7) is 20.2. The molecule has 0 radical (unpaired) electrons. The molecule has 0 bridgehead atoms. The summed E-state index contributed by atoms with van der Waals surface area (Å²) in [5, 5.41) is 0. The van der Waals surface area contributed by atoms with E-state index in [0.717, 1.165) is 49.0 Å². The largest absolute Gasteiger partial charge is 0.294 e. The molecule has 11 heteroatoms. The molecular weight excluding hydrogens is 620 g/mol. The third-order valence-electron chi connectivity index (χ3n) is 10.2. The fraction of sp³-hybridized carbons (Fsp3) is 0.486. The van der Waals surface area contributed by atoms with E-state index >= 15 is 0 Å². The van der Waals surface area contributed by atoms with Crippen molar-refractivity contribution < 1.29 is 52.7 Å². The van der Waals surface area contributed by atoms with Gasteiger partial charge >= 0.3 is 0 Å². The van der Waals surface area contributed by atoms with E-state index in [1.165, 1.54) is 0 Å². The van der Waals surface area contributed by atoms with Crippen molar-refractivity contribution in [3.63, 3.8) is 0 Å². The van der Waals surface area contributed by atoms with Crippen molar-refractivity contribution in [2.45, 2.75) is 80.1 Å². The highest BCUT2D eigenvalue weighted by Gasteiger charge is 2.43. The molecule has 2 aliphatic carbocycles. The minimum absolute atomic E-state index is 0.206. The van der Waals surface area contributed by atoms with Gasteiger partial charge in [-0.15, -0.1) is 0 Å². The lowest BCUT2D eigenvalue weighted by Gasteiger charge is -2.44. The van der Waals surface area contributed by atoms with Crippen LogP contribution in [0.2, 0.25) is 0 Å². The molecule has 0 unspecified atom stereocenters. The smallest absolute Gasteiger partial charge is 0.281 e. The highest BCUT2D eigenvalue weighted by atomic mass is 16.2. The van der Waals surface area contributed by atoms with Gasteiger partial charge in [0, 0.05) is 11.8 Å². The van der Waals surface area contributed by atoms with Crippen LogP contribution >= 0.6 is 0 Å². The first kappa shape index (κ1) is 39.5. The third-order valence-corrected chi connectivity index (χ3v) is 10.2. The molecule has 0 saturated heterocycles. The number of hydrogen-bond acceptors (Lipinski definition) is 11. The van der Waals surface area contributed by atoms with Crippen molar-refractivity contribution in [1.29, 1.82) is 0 Å². The predicted molar refractivity (Wildman–Crippen MR) is 172 cm³/mol. The minimum atomic E-state index is -2.43. The van der Waals surface area contributed by atoms with Gasteiger partial charge in [0.25, 0.3) is 40.5 Å². The van der Waals surface area contributed by atoms with Crippen LogP contribution in [0.4, 0.5) is 0 Å². The number of rotatable bonds is 16. The Hall–Kier alpha value is -4.67. The fourth-order valence-electron chi connectivity index (χ4n) is 6.06. The SMILES string of the molecule is C=C1CC[C@H](C)C(C)(C)[C@@H]1/C=C/C(=O)CC(=O)C(=O)C(=O)C(=O)C(=O)C(=O)C(=O)C(=O)C(=O)CC(=O)/C=C/[C@H]1C(=C)CC[C@@H](C)C1(C)C. The lowest BCUT2D eigenvalue weighted by molar-refractivity contribution is -0.155. The van der Waals surface area contributed by atoms with Gasteiger partial charge in [-0.1, -0.05) is 78.0 Å². The van der Waals surface area contributed by atoms with Gasteiger partial charge in [-0.3, -0.25) is 52.7 Å². The first-order valence-corrected chi connectivity index (χ1v) is 15.7. The van der Waals surface area contributed by atoms with E-state index in [0.29, 0.717) is 11.8 Å². The van der Waals surface area contributed by atoms with Crippen LogP contribution in [-0.2, 0) is 52.7 Å². The van der Waals surface area contributed by atoms with Crippen molar-refractivity contribution in [2.75, 3.05) is 0 Å². The molecule has 0 heterocycles. The molecule has 2 saturated carbocycles. The van der Waals surface area contributed by atoms with E-state index in [1.807, 2.05) is 27.7 Å². The highest BCUT2D eigenvalue weighted by Crippen LogP contribution is 2.48. The standard InChI is InChI=1S/C37H42O11/c1-19-9-11-21(3)36(5,6)25(19)15-13-23(38)17-27(40)29(42)31(44)33(46)35(48)34(47)32(45)30(43)28(41)18-24(39)14-16-26-20(2)10-12-22(4)37(26,7)8/h13-16,21-22,25-26H,1-2,9-12,17-18H2,3-8H3/b15-13+,16-14+/t21-,22+,25+,26-. The molecule has 4 atom stereocenters. The van der Waals surface area contributed by atoms with Crippen molar-refractivity contribution >= 4 is 63.6 Å². The Bertz CT molecular complexity index is 1480. The van der Waals surface area contributed by atoms with Crippen LogP contribution in [0.15, 0.2) is 48.6 Å². The second-order valence-electron chi connectivity index (χ2n) is 13.9. The molecular formula is C37H42O11. The van der Waals surface area contributed by atoms with Crippen LogP contribution in [0.25, 0.3) is 0 Å². The molecule has 256 valence electrons. The Morgan fingerprint density at radius 2 is 0.812 bits per heavy atom. The third kappa shape index (κ3) is 8.81. The first-order valence-electron chi connectivity index (χ1n) is 15.7. The van der Waals surface area contributed by atoms with Crippen molar-refractivity contribution in [3.8, 4) is 0 Å². The molecule has 2 rings (SSSR count). The van der Waals surface area contributed by atoms with Gasteiger partial charge in [0.05, 0.1) is 12.8 Å². The lowest BCUT2D eigenvalue weighted by Crippen LogP contribution is -2.43. The maximum absolute atomic E-state index is 12.4. The Morgan fingerprint density at radius 1 is 0.542 bits per heavy atom. The summed E-state index contributed by atoms with van der Waals surface area (Å²) < 4.78 is 0. The van der Waals surface area contributed by atoms with Crippen molar-refractivity contribution in [2.24, 2.45) is 34.5 Å². The summed E-state index contributed by atoms with van der Waals surface area (Å²) in [5.41, 5.74) is 1.26. The van der Waals surface area contributed by atoms with Crippen LogP contribution in [-0.4, -0.2) is 63.6 Å². The summed E-state index contributed by atoms with van der Waals surface area (Å²) >= 11 is 0. The number of Topliss-reactive ketones (excluding diaryl/α,β-unsaturated/α-hetero) is 9. The zero-order chi connectivity index (χ0) is 36.9. The first-order chi connectivity index (χ1) is 22.0. The molecule has 11 nitrogen and oxygen atoms in total. The van der Waals surface area contributed by atoms with Crippen LogP contribution in [0.5, 0.6) is 0 Å². The van der Waals surface area contributed by atoms with Gasteiger partial charge in [0.15, 0.2) is 11.6 Å². The van der Waals surface area contributed by atoms with E-state index in [1.54, 1.807) is 12.2 Å². The molecule has 0 aromatic heterocycles. The topological polar surface area (TPSA) is 188 Å². The summed E-state index contributed by atoms with van der Waals surface area (Å²) in [6.07, 6.45) is 6.30. The zero-order valence-corrected chi connectivity index (χ0v) is 28.3. The molecule has 0 aliphatic heterocycles. The number of allylic oxidation sites excluding steroid dienone is 6. The second-order valence-corrected chi connectivity index (χ2v) is 13.9. The maximum atomic E-state index is 12.4. The van der Waals surface area contributed by atoms with Crippen molar-refractivity contribution in [1.82, 2.24) is 0 Å². The van der Waals surface area contributed by atoms with Gasteiger partial charge in [-0.2, -0.15) is 0 Å². The Morgan fingerprint density at radius 3 is 1.10 bits per heavy atom. The molecule has 2 aliphatic rings. The molecule has 0 amide bonds.